The molecule has 0 aromatic heterocycles. The van der Waals surface area contributed by atoms with Crippen LogP contribution in [-0.4, -0.2) is 0 Å². The van der Waals surface area contributed by atoms with Crippen LogP contribution in [0.15, 0.2) is 12.1 Å². The predicted molar refractivity (Wildman–Crippen MR) is 53.8 cm³/mol. The number of hydrogen-bond donors (Lipinski definition) is 0. The predicted octanol–water partition coefficient (Wildman–Crippen LogP) is 4.20. The van der Waals surface area contributed by atoms with Crippen LogP contribution >= 0.6 is 39.1 Å². The van der Waals surface area contributed by atoms with E-state index in [2.05, 4.69) is 15.9 Å². The molecule has 0 atom stereocenters. The molecule has 0 radical (unpaired) electrons. The van der Waals surface area contributed by atoms with E-state index in [1.807, 2.05) is 19.1 Å². The quantitative estimate of drug-likeness (QED) is 0.659. The molecular formula is C8H7BrCl2. The fourth-order valence-electron chi connectivity index (χ4n) is 0.892. The molecule has 0 saturated carbocycles. The largest absolute Gasteiger partial charge is 0.0876 e. The third-order valence-corrected chi connectivity index (χ3v) is 2.80. The van der Waals surface area contributed by atoms with E-state index < -0.39 is 0 Å². The molecule has 1 aromatic rings. The van der Waals surface area contributed by atoms with Gasteiger partial charge in [0, 0.05) is 15.4 Å². The second-order valence-electron chi connectivity index (χ2n) is 2.33. The van der Waals surface area contributed by atoms with Gasteiger partial charge < -0.3 is 0 Å². The Kier molecular flexibility index (Phi) is 3.23. The SMILES string of the molecule is Cc1cc(Cl)cc(CBr)c1Cl. The minimum absolute atomic E-state index is 0.737. The van der Waals surface area contributed by atoms with Crippen molar-refractivity contribution >= 4 is 39.1 Å². The third kappa shape index (κ3) is 2.11. The molecule has 0 aliphatic rings. The van der Waals surface area contributed by atoms with E-state index >= 15 is 0 Å². The highest BCUT2D eigenvalue weighted by atomic mass is 79.9. The Labute approximate surface area is 84.6 Å². The maximum Gasteiger partial charge on any atom is 0.0476 e. The van der Waals surface area contributed by atoms with E-state index in [1.165, 1.54) is 0 Å². The molecule has 0 heterocycles. The zero-order valence-corrected chi connectivity index (χ0v) is 9.09. The first-order valence-corrected chi connectivity index (χ1v) is 5.03. The third-order valence-electron chi connectivity index (χ3n) is 1.44. The van der Waals surface area contributed by atoms with E-state index in [4.69, 9.17) is 23.2 Å². The number of benzene rings is 1. The number of rotatable bonds is 1. The van der Waals surface area contributed by atoms with Crippen molar-refractivity contribution in [3.05, 3.63) is 33.3 Å². The zero-order valence-electron chi connectivity index (χ0n) is 6.00. The topological polar surface area (TPSA) is 0 Å². The van der Waals surface area contributed by atoms with Gasteiger partial charge in [-0.05, 0) is 30.2 Å². The van der Waals surface area contributed by atoms with Crippen LogP contribution in [0.3, 0.4) is 0 Å². The molecule has 0 amide bonds. The van der Waals surface area contributed by atoms with Crippen LogP contribution in [0.4, 0.5) is 0 Å². The van der Waals surface area contributed by atoms with Gasteiger partial charge in [0.05, 0.1) is 0 Å². The molecule has 3 heteroatoms. The molecule has 0 aliphatic carbocycles. The van der Waals surface area contributed by atoms with Crippen molar-refractivity contribution in [2.24, 2.45) is 0 Å². The first-order chi connectivity index (χ1) is 5.15. The number of alkyl halides is 1. The molecule has 0 unspecified atom stereocenters. The van der Waals surface area contributed by atoms with E-state index in [0.717, 1.165) is 26.5 Å². The number of halogens is 3. The van der Waals surface area contributed by atoms with Crippen molar-refractivity contribution in [2.45, 2.75) is 12.3 Å². The molecule has 0 fully saturated rings. The van der Waals surface area contributed by atoms with Gasteiger partial charge in [0.15, 0.2) is 0 Å². The van der Waals surface area contributed by atoms with Gasteiger partial charge in [0.2, 0.25) is 0 Å². The van der Waals surface area contributed by atoms with Crippen LogP contribution < -0.4 is 0 Å². The molecule has 0 aliphatic heterocycles. The van der Waals surface area contributed by atoms with Crippen molar-refractivity contribution in [3.8, 4) is 0 Å². The Hall–Kier alpha value is 0.280. The number of hydrogen-bond acceptors (Lipinski definition) is 0. The van der Waals surface area contributed by atoms with Crippen molar-refractivity contribution in [2.75, 3.05) is 0 Å². The lowest BCUT2D eigenvalue weighted by Crippen LogP contribution is -1.83. The lowest BCUT2D eigenvalue weighted by atomic mass is 10.2. The maximum absolute atomic E-state index is 5.98. The standard InChI is InChI=1S/C8H7BrCl2/c1-5-2-7(10)3-6(4-9)8(5)11/h2-3H,4H2,1H3. The monoisotopic (exact) mass is 252 g/mol. The summed E-state index contributed by atoms with van der Waals surface area (Å²) < 4.78 is 0. The van der Waals surface area contributed by atoms with Gasteiger partial charge in [-0.15, -0.1) is 0 Å². The molecule has 0 bridgehead atoms. The van der Waals surface area contributed by atoms with Gasteiger partial charge in [-0.1, -0.05) is 39.1 Å². The van der Waals surface area contributed by atoms with Gasteiger partial charge in [0.25, 0.3) is 0 Å². The molecule has 0 N–H and O–H groups in total. The molecule has 1 aromatic carbocycles. The van der Waals surface area contributed by atoms with Crippen molar-refractivity contribution in [1.82, 2.24) is 0 Å². The number of aryl methyl sites for hydroxylation is 1. The summed E-state index contributed by atoms with van der Waals surface area (Å²) in [5.41, 5.74) is 2.06. The Bertz CT molecular complexity index is 271. The van der Waals surface area contributed by atoms with Crippen molar-refractivity contribution in [3.63, 3.8) is 0 Å². The summed E-state index contributed by atoms with van der Waals surface area (Å²) in [5.74, 6) is 0. The summed E-state index contributed by atoms with van der Waals surface area (Å²) in [6.45, 7) is 1.94. The summed E-state index contributed by atoms with van der Waals surface area (Å²) in [5, 5.41) is 2.28. The van der Waals surface area contributed by atoms with Crippen molar-refractivity contribution < 1.29 is 0 Å². The molecule has 1 rings (SSSR count). The Balaban J connectivity index is 3.24. The smallest absolute Gasteiger partial charge is 0.0476 e. The van der Waals surface area contributed by atoms with Gasteiger partial charge >= 0.3 is 0 Å². The van der Waals surface area contributed by atoms with Gasteiger partial charge in [0.1, 0.15) is 0 Å². The molecular weight excluding hydrogens is 247 g/mol. The highest BCUT2D eigenvalue weighted by molar-refractivity contribution is 9.08. The van der Waals surface area contributed by atoms with Gasteiger partial charge in [-0.3, -0.25) is 0 Å². The second-order valence-corrected chi connectivity index (χ2v) is 3.70. The van der Waals surface area contributed by atoms with Crippen LogP contribution in [0.5, 0.6) is 0 Å². The summed E-state index contributed by atoms with van der Waals surface area (Å²) in [6.07, 6.45) is 0. The fraction of sp³-hybridized carbons (Fsp3) is 0.250. The van der Waals surface area contributed by atoms with Crippen LogP contribution in [0, 0.1) is 6.92 Å². The lowest BCUT2D eigenvalue weighted by Gasteiger charge is -2.03. The first kappa shape index (κ1) is 9.37. The van der Waals surface area contributed by atoms with Gasteiger partial charge in [-0.25, -0.2) is 0 Å². The minimum Gasteiger partial charge on any atom is -0.0876 e. The molecule has 60 valence electrons. The van der Waals surface area contributed by atoms with E-state index in [9.17, 15) is 0 Å². The van der Waals surface area contributed by atoms with Gasteiger partial charge in [-0.2, -0.15) is 0 Å². The van der Waals surface area contributed by atoms with E-state index in [-0.39, 0.29) is 0 Å². The first-order valence-electron chi connectivity index (χ1n) is 3.15. The normalized spacial score (nSPS) is 10.2. The molecule has 0 nitrogen and oxygen atoms in total. The van der Waals surface area contributed by atoms with Crippen LogP contribution in [-0.2, 0) is 5.33 Å². The Morgan fingerprint density at radius 3 is 2.55 bits per heavy atom. The minimum atomic E-state index is 0.737. The van der Waals surface area contributed by atoms with Crippen LogP contribution in [0.1, 0.15) is 11.1 Å². The Morgan fingerprint density at radius 2 is 2.00 bits per heavy atom. The second kappa shape index (κ2) is 3.79. The van der Waals surface area contributed by atoms with E-state index in [0.29, 0.717) is 0 Å². The molecule has 0 spiro atoms. The maximum atomic E-state index is 5.98. The van der Waals surface area contributed by atoms with E-state index in [1.54, 1.807) is 0 Å². The molecule has 0 saturated heterocycles. The summed E-state index contributed by atoms with van der Waals surface area (Å²) >= 11 is 15.1. The molecule has 11 heavy (non-hydrogen) atoms. The van der Waals surface area contributed by atoms with Crippen LogP contribution in [0.25, 0.3) is 0 Å². The zero-order chi connectivity index (χ0) is 8.43. The highest BCUT2D eigenvalue weighted by Crippen LogP contribution is 2.26. The summed E-state index contributed by atoms with van der Waals surface area (Å²) in [4.78, 5) is 0. The Morgan fingerprint density at radius 1 is 1.36 bits per heavy atom. The van der Waals surface area contributed by atoms with Crippen molar-refractivity contribution in [1.29, 1.82) is 0 Å². The summed E-state index contributed by atoms with van der Waals surface area (Å²) in [7, 11) is 0. The van der Waals surface area contributed by atoms with Crippen LogP contribution in [0.2, 0.25) is 10.0 Å². The highest BCUT2D eigenvalue weighted by Gasteiger charge is 2.03. The summed E-state index contributed by atoms with van der Waals surface area (Å²) in [6, 6.07) is 3.72. The average Bonchev–Trinajstić information content (AvgIpc) is 1.96. The lowest BCUT2D eigenvalue weighted by molar-refractivity contribution is 1.37. The fourth-order valence-corrected chi connectivity index (χ4v) is 1.97. The average molecular weight is 254 g/mol.